The Hall–Kier alpha value is -1.02. The molecule has 1 N–H and O–H groups in total. The molecular formula is C9H9NO. The van der Waals surface area contributed by atoms with Crippen LogP contribution in [0.5, 0.6) is 0 Å². The minimum Gasteiger partial charge on any atom is -0.358 e. The van der Waals surface area contributed by atoms with Crippen LogP contribution in [0.2, 0.25) is 0 Å². The van der Waals surface area contributed by atoms with Crippen molar-refractivity contribution in [3.8, 4) is 0 Å². The van der Waals surface area contributed by atoms with Crippen molar-refractivity contribution in [2.45, 2.75) is 18.8 Å². The summed E-state index contributed by atoms with van der Waals surface area (Å²) in [5, 5.41) is 3.31. The van der Waals surface area contributed by atoms with Crippen molar-refractivity contribution in [1.29, 1.82) is 0 Å². The summed E-state index contributed by atoms with van der Waals surface area (Å²) in [4.78, 5) is 0. The van der Waals surface area contributed by atoms with Gasteiger partial charge in [0, 0.05) is 12.1 Å². The summed E-state index contributed by atoms with van der Waals surface area (Å²) in [5.41, 5.74) is 2.62. The maximum Gasteiger partial charge on any atom is 0.155 e. The van der Waals surface area contributed by atoms with Crippen LogP contribution < -0.4 is 5.32 Å². The molecule has 11 heavy (non-hydrogen) atoms. The van der Waals surface area contributed by atoms with Crippen LogP contribution in [0, 0.1) is 0 Å². The maximum absolute atomic E-state index is 5.35. The van der Waals surface area contributed by atoms with Gasteiger partial charge in [-0.3, -0.25) is 0 Å². The van der Waals surface area contributed by atoms with E-state index in [4.69, 9.17) is 4.74 Å². The Kier molecular flexibility index (Phi) is 0.902. The highest BCUT2D eigenvalue weighted by atomic mass is 16.6. The van der Waals surface area contributed by atoms with Crippen molar-refractivity contribution in [2.24, 2.45) is 0 Å². The van der Waals surface area contributed by atoms with Crippen molar-refractivity contribution in [1.82, 2.24) is 0 Å². The van der Waals surface area contributed by atoms with Gasteiger partial charge in [-0.25, -0.2) is 0 Å². The third-order valence-corrected chi connectivity index (χ3v) is 2.32. The predicted molar refractivity (Wildman–Crippen MR) is 42.4 cm³/mol. The molecule has 0 aromatic heterocycles. The number of hydrogen-bond acceptors (Lipinski definition) is 2. The lowest BCUT2D eigenvalue weighted by molar-refractivity contribution is 0.385. The maximum atomic E-state index is 5.35. The monoisotopic (exact) mass is 147 g/mol. The van der Waals surface area contributed by atoms with Gasteiger partial charge in [-0.05, 0) is 11.6 Å². The van der Waals surface area contributed by atoms with Crippen molar-refractivity contribution >= 4 is 5.69 Å². The van der Waals surface area contributed by atoms with E-state index in [1.807, 2.05) is 0 Å². The van der Waals surface area contributed by atoms with Crippen molar-refractivity contribution in [2.75, 3.05) is 5.32 Å². The number of fused-ring (bicyclic) bond motifs is 2. The van der Waals surface area contributed by atoms with Crippen LogP contribution in [0.25, 0.3) is 0 Å². The van der Waals surface area contributed by atoms with Crippen LogP contribution in [-0.2, 0) is 11.2 Å². The molecule has 0 saturated carbocycles. The van der Waals surface area contributed by atoms with Gasteiger partial charge >= 0.3 is 0 Å². The number of ether oxygens (including phenoxy) is 1. The van der Waals surface area contributed by atoms with Crippen LogP contribution in [0.3, 0.4) is 0 Å². The number of rotatable bonds is 0. The van der Waals surface area contributed by atoms with Gasteiger partial charge in [0.15, 0.2) is 6.23 Å². The summed E-state index contributed by atoms with van der Waals surface area (Å²) >= 11 is 0. The molecule has 0 spiro atoms. The second kappa shape index (κ2) is 1.77. The molecule has 1 aromatic rings. The van der Waals surface area contributed by atoms with Crippen LogP contribution in [0.4, 0.5) is 5.69 Å². The Morgan fingerprint density at radius 1 is 1.36 bits per heavy atom. The molecule has 2 heteroatoms. The second-order valence-electron chi connectivity index (χ2n) is 3.10. The molecule has 2 aliphatic heterocycles. The molecule has 1 saturated heterocycles. The first-order chi connectivity index (χ1) is 5.43. The average Bonchev–Trinajstić information content (AvgIpc) is 2.77. The topological polar surface area (TPSA) is 24.6 Å². The second-order valence-corrected chi connectivity index (χ2v) is 3.10. The van der Waals surface area contributed by atoms with E-state index in [-0.39, 0.29) is 0 Å². The molecule has 0 bridgehead atoms. The summed E-state index contributed by atoms with van der Waals surface area (Å²) in [5.74, 6) is 0. The van der Waals surface area contributed by atoms with E-state index in [9.17, 15) is 0 Å². The summed E-state index contributed by atoms with van der Waals surface area (Å²) in [6.07, 6.45) is 1.84. The predicted octanol–water partition coefficient (Wildman–Crippen LogP) is 1.38. The molecule has 0 amide bonds. The third kappa shape index (κ3) is 0.761. The van der Waals surface area contributed by atoms with E-state index in [0.717, 1.165) is 6.42 Å². The van der Waals surface area contributed by atoms with Gasteiger partial charge in [0.2, 0.25) is 0 Å². The summed E-state index contributed by atoms with van der Waals surface area (Å²) < 4.78 is 5.35. The molecule has 3 rings (SSSR count). The van der Waals surface area contributed by atoms with E-state index in [1.165, 1.54) is 11.3 Å². The van der Waals surface area contributed by atoms with E-state index >= 15 is 0 Å². The molecule has 0 aliphatic carbocycles. The van der Waals surface area contributed by atoms with Gasteiger partial charge < -0.3 is 10.1 Å². The van der Waals surface area contributed by atoms with E-state index < -0.39 is 0 Å². The Morgan fingerprint density at radius 3 is 3.27 bits per heavy atom. The Morgan fingerprint density at radius 2 is 2.27 bits per heavy atom. The van der Waals surface area contributed by atoms with Crippen LogP contribution in [-0.4, -0.2) is 12.3 Å². The zero-order valence-electron chi connectivity index (χ0n) is 6.08. The Balaban J connectivity index is 2.07. The lowest BCUT2D eigenvalue weighted by Gasteiger charge is -2.12. The molecule has 1 aromatic carbocycles. The van der Waals surface area contributed by atoms with Gasteiger partial charge in [0.05, 0.1) is 0 Å². The Labute approximate surface area is 65.2 Å². The fourth-order valence-electron chi connectivity index (χ4n) is 1.63. The van der Waals surface area contributed by atoms with Crippen LogP contribution in [0.1, 0.15) is 5.56 Å². The van der Waals surface area contributed by atoms with E-state index in [1.54, 1.807) is 0 Å². The van der Waals surface area contributed by atoms with Crippen LogP contribution >= 0.6 is 0 Å². The zero-order valence-corrected chi connectivity index (χ0v) is 6.08. The van der Waals surface area contributed by atoms with E-state index in [0.29, 0.717) is 12.3 Å². The minimum atomic E-state index is 0.310. The highest BCUT2D eigenvalue weighted by molar-refractivity contribution is 5.55. The Bertz CT molecular complexity index is 268. The minimum absolute atomic E-state index is 0.310. The lowest BCUT2D eigenvalue weighted by Crippen LogP contribution is -2.16. The van der Waals surface area contributed by atoms with Crippen molar-refractivity contribution in [3.63, 3.8) is 0 Å². The summed E-state index contributed by atoms with van der Waals surface area (Å²) in [6.45, 7) is 0. The van der Waals surface area contributed by atoms with Gasteiger partial charge in [0.1, 0.15) is 6.10 Å². The highest BCUT2D eigenvalue weighted by Crippen LogP contribution is 2.35. The first kappa shape index (κ1) is 5.61. The van der Waals surface area contributed by atoms with E-state index in [2.05, 4.69) is 29.6 Å². The fraction of sp³-hybridized carbons (Fsp3) is 0.333. The molecule has 2 aliphatic rings. The third-order valence-electron chi connectivity index (χ3n) is 2.32. The molecular weight excluding hydrogens is 138 g/mol. The van der Waals surface area contributed by atoms with Crippen LogP contribution in [0.15, 0.2) is 24.3 Å². The first-order valence-electron chi connectivity index (χ1n) is 3.93. The number of hydrogen-bond donors (Lipinski definition) is 1. The first-order valence-corrected chi connectivity index (χ1v) is 3.93. The van der Waals surface area contributed by atoms with Gasteiger partial charge in [-0.1, -0.05) is 18.2 Å². The number of para-hydroxylation sites is 1. The molecule has 0 radical (unpaired) electrons. The molecule has 2 heterocycles. The number of benzene rings is 1. The zero-order chi connectivity index (χ0) is 7.26. The lowest BCUT2D eigenvalue weighted by atomic mass is 10.0. The molecule has 2 unspecified atom stereocenters. The largest absolute Gasteiger partial charge is 0.358 e. The molecule has 1 fully saturated rings. The summed E-state index contributed by atoms with van der Waals surface area (Å²) in [6, 6.07) is 8.38. The van der Waals surface area contributed by atoms with Gasteiger partial charge in [-0.2, -0.15) is 0 Å². The SMILES string of the molecule is c1ccc2c(c1)CC1OC1N2. The fourth-order valence-corrected chi connectivity index (χ4v) is 1.63. The average molecular weight is 147 g/mol. The van der Waals surface area contributed by atoms with Gasteiger partial charge in [-0.15, -0.1) is 0 Å². The summed E-state index contributed by atoms with van der Waals surface area (Å²) in [7, 11) is 0. The standard InChI is InChI=1S/C9H9NO/c1-2-4-7-6(3-1)5-8-9(10-7)11-8/h1-4,8-10H,5H2. The number of anilines is 1. The number of epoxide rings is 1. The molecule has 2 atom stereocenters. The quantitative estimate of drug-likeness (QED) is 0.561. The van der Waals surface area contributed by atoms with Crippen molar-refractivity contribution < 1.29 is 4.74 Å². The molecule has 2 nitrogen and oxygen atoms in total. The molecule has 56 valence electrons. The smallest absolute Gasteiger partial charge is 0.155 e. The number of nitrogens with one attached hydrogen (secondary N) is 1. The van der Waals surface area contributed by atoms with Gasteiger partial charge in [0.25, 0.3) is 0 Å². The normalized spacial score (nSPS) is 31.6. The highest BCUT2D eigenvalue weighted by Gasteiger charge is 2.42. The van der Waals surface area contributed by atoms with Crippen molar-refractivity contribution in [3.05, 3.63) is 29.8 Å².